The Balaban J connectivity index is 2.19. The highest BCUT2D eigenvalue weighted by Crippen LogP contribution is 2.39. The Morgan fingerprint density at radius 1 is 0.750 bits per heavy atom. The molecule has 0 bridgehead atoms. The number of ether oxygens (including phenoxy) is 1. The first kappa shape index (κ1) is 14.6. The molecule has 0 spiro atoms. The lowest BCUT2D eigenvalue weighted by molar-refractivity contribution is -0.0470. The third-order valence-electron chi connectivity index (χ3n) is 3.86. The molecule has 0 aliphatic heterocycles. The van der Waals surface area contributed by atoms with Crippen LogP contribution in [0.15, 0.2) is 54.6 Å². The van der Waals surface area contributed by atoms with Crippen LogP contribution in [0.25, 0.3) is 0 Å². The van der Waals surface area contributed by atoms with Gasteiger partial charge in [-0.1, -0.05) is 51.1 Å². The molecule has 0 aliphatic carbocycles. The van der Waals surface area contributed by atoms with Crippen molar-refractivity contribution in [2.24, 2.45) is 5.41 Å². The van der Waals surface area contributed by atoms with E-state index in [9.17, 15) is 5.11 Å². The summed E-state index contributed by atoms with van der Waals surface area (Å²) in [5.41, 5.74) is -0.210. The molecule has 0 saturated heterocycles. The molecule has 2 nitrogen and oxygen atoms in total. The molecule has 2 heteroatoms. The molecule has 2 aromatic rings. The first-order valence-corrected chi connectivity index (χ1v) is 6.86. The Labute approximate surface area is 121 Å². The van der Waals surface area contributed by atoms with Crippen molar-refractivity contribution in [3.05, 3.63) is 60.2 Å². The minimum Gasteiger partial charge on any atom is -0.457 e. The maximum atomic E-state index is 10.7. The van der Waals surface area contributed by atoms with Crippen molar-refractivity contribution in [3.63, 3.8) is 0 Å². The molecule has 1 atom stereocenters. The minimum atomic E-state index is -0.877. The molecule has 0 heterocycles. The van der Waals surface area contributed by atoms with Crippen molar-refractivity contribution in [3.8, 4) is 11.5 Å². The Morgan fingerprint density at radius 2 is 1.25 bits per heavy atom. The summed E-state index contributed by atoms with van der Waals surface area (Å²) in [4.78, 5) is 0. The van der Waals surface area contributed by atoms with Gasteiger partial charge in [-0.2, -0.15) is 0 Å². The van der Waals surface area contributed by atoms with Gasteiger partial charge in [0.25, 0.3) is 0 Å². The second-order valence-corrected chi connectivity index (χ2v) is 6.26. The van der Waals surface area contributed by atoms with E-state index in [1.807, 2.05) is 82.3 Å². The molecule has 1 unspecified atom stereocenters. The van der Waals surface area contributed by atoms with Crippen molar-refractivity contribution >= 4 is 0 Å². The predicted molar refractivity (Wildman–Crippen MR) is 82.0 cm³/mol. The van der Waals surface area contributed by atoms with Crippen LogP contribution in [0, 0.1) is 5.41 Å². The second-order valence-electron chi connectivity index (χ2n) is 6.26. The number of benzene rings is 2. The van der Waals surface area contributed by atoms with Crippen LogP contribution in [-0.4, -0.2) is 5.11 Å². The molecule has 2 rings (SSSR count). The lowest BCUT2D eigenvalue weighted by Crippen LogP contribution is -2.36. The molecule has 2 aromatic carbocycles. The molecular weight excluding hydrogens is 248 g/mol. The first-order chi connectivity index (χ1) is 9.30. The van der Waals surface area contributed by atoms with E-state index in [0.717, 1.165) is 17.1 Å². The van der Waals surface area contributed by atoms with Crippen LogP contribution < -0.4 is 4.74 Å². The molecule has 0 saturated carbocycles. The predicted octanol–water partition coefficient (Wildman–Crippen LogP) is 4.73. The minimum absolute atomic E-state index is 0.227. The third kappa shape index (κ3) is 3.02. The van der Waals surface area contributed by atoms with Gasteiger partial charge in [0.05, 0.1) is 5.60 Å². The molecular formula is C18H22O2. The smallest absolute Gasteiger partial charge is 0.127 e. The fourth-order valence-electron chi connectivity index (χ4n) is 1.91. The number of rotatable bonds is 3. The van der Waals surface area contributed by atoms with Gasteiger partial charge in [-0.15, -0.1) is 0 Å². The molecule has 106 valence electrons. The van der Waals surface area contributed by atoms with Crippen LogP contribution in [-0.2, 0) is 5.60 Å². The Bertz CT molecular complexity index is 548. The van der Waals surface area contributed by atoms with Gasteiger partial charge in [0.15, 0.2) is 0 Å². The molecule has 0 amide bonds. The molecule has 1 N–H and O–H groups in total. The SMILES string of the molecule is CC(C)(C)C(C)(O)c1ccc(Oc2ccccc2)cc1. The average Bonchev–Trinajstić information content (AvgIpc) is 2.39. The van der Waals surface area contributed by atoms with Crippen molar-refractivity contribution in [2.45, 2.75) is 33.3 Å². The summed E-state index contributed by atoms with van der Waals surface area (Å²) in [7, 11) is 0. The number of para-hydroxylation sites is 1. The zero-order valence-electron chi connectivity index (χ0n) is 12.6. The fraction of sp³-hybridized carbons (Fsp3) is 0.333. The van der Waals surface area contributed by atoms with E-state index < -0.39 is 5.60 Å². The number of hydrogen-bond acceptors (Lipinski definition) is 2. The lowest BCUT2D eigenvalue weighted by Gasteiger charge is -2.37. The summed E-state index contributed by atoms with van der Waals surface area (Å²) in [6.45, 7) is 7.93. The van der Waals surface area contributed by atoms with Crippen LogP contribution in [0.1, 0.15) is 33.3 Å². The van der Waals surface area contributed by atoms with Gasteiger partial charge >= 0.3 is 0 Å². The van der Waals surface area contributed by atoms with Crippen LogP contribution in [0.4, 0.5) is 0 Å². The van der Waals surface area contributed by atoms with Gasteiger partial charge in [0.2, 0.25) is 0 Å². The summed E-state index contributed by atoms with van der Waals surface area (Å²) in [5, 5.41) is 10.7. The monoisotopic (exact) mass is 270 g/mol. The molecule has 0 aromatic heterocycles. The third-order valence-corrected chi connectivity index (χ3v) is 3.86. The van der Waals surface area contributed by atoms with Gasteiger partial charge < -0.3 is 9.84 Å². The van der Waals surface area contributed by atoms with Gasteiger partial charge in [-0.25, -0.2) is 0 Å². The van der Waals surface area contributed by atoms with Crippen molar-refractivity contribution in [1.82, 2.24) is 0 Å². The van der Waals surface area contributed by atoms with E-state index in [-0.39, 0.29) is 5.41 Å². The standard InChI is InChI=1S/C18H22O2/c1-17(2,3)18(4,19)14-10-12-16(13-11-14)20-15-8-6-5-7-9-15/h5-13,19H,1-4H3. The van der Waals surface area contributed by atoms with E-state index in [4.69, 9.17) is 4.74 Å². The Kier molecular flexibility index (Phi) is 3.87. The van der Waals surface area contributed by atoms with E-state index in [0.29, 0.717) is 0 Å². The van der Waals surface area contributed by atoms with Gasteiger partial charge in [0.1, 0.15) is 11.5 Å². The highest BCUT2D eigenvalue weighted by atomic mass is 16.5. The Morgan fingerprint density at radius 3 is 1.75 bits per heavy atom. The quantitative estimate of drug-likeness (QED) is 0.873. The van der Waals surface area contributed by atoms with Crippen LogP contribution in [0.5, 0.6) is 11.5 Å². The normalized spacial score (nSPS) is 14.7. The zero-order valence-corrected chi connectivity index (χ0v) is 12.6. The van der Waals surface area contributed by atoms with Gasteiger partial charge in [-0.3, -0.25) is 0 Å². The largest absolute Gasteiger partial charge is 0.457 e. The Hall–Kier alpha value is -1.80. The number of hydrogen-bond donors (Lipinski definition) is 1. The highest BCUT2D eigenvalue weighted by molar-refractivity contribution is 5.35. The van der Waals surface area contributed by atoms with Gasteiger partial charge in [-0.05, 0) is 42.2 Å². The maximum Gasteiger partial charge on any atom is 0.127 e. The summed E-state index contributed by atoms with van der Waals surface area (Å²) in [6, 6.07) is 17.3. The van der Waals surface area contributed by atoms with Crippen LogP contribution >= 0.6 is 0 Å². The lowest BCUT2D eigenvalue weighted by atomic mass is 9.73. The second kappa shape index (κ2) is 5.29. The maximum absolute atomic E-state index is 10.7. The molecule has 0 radical (unpaired) electrons. The van der Waals surface area contributed by atoms with Crippen molar-refractivity contribution in [2.75, 3.05) is 0 Å². The van der Waals surface area contributed by atoms with Gasteiger partial charge in [0, 0.05) is 0 Å². The van der Waals surface area contributed by atoms with E-state index in [1.165, 1.54) is 0 Å². The van der Waals surface area contributed by atoms with Crippen molar-refractivity contribution in [1.29, 1.82) is 0 Å². The van der Waals surface area contributed by atoms with Crippen LogP contribution in [0.2, 0.25) is 0 Å². The summed E-state index contributed by atoms with van der Waals surface area (Å²) in [5.74, 6) is 1.58. The topological polar surface area (TPSA) is 29.5 Å². The molecule has 20 heavy (non-hydrogen) atoms. The van der Waals surface area contributed by atoms with Crippen LogP contribution in [0.3, 0.4) is 0 Å². The molecule has 0 fully saturated rings. The average molecular weight is 270 g/mol. The highest BCUT2D eigenvalue weighted by Gasteiger charge is 2.36. The summed E-state index contributed by atoms with van der Waals surface area (Å²) >= 11 is 0. The summed E-state index contributed by atoms with van der Waals surface area (Å²) in [6.07, 6.45) is 0. The van der Waals surface area contributed by atoms with Crippen molar-refractivity contribution < 1.29 is 9.84 Å². The van der Waals surface area contributed by atoms with E-state index in [2.05, 4.69) is 0 Å². The van der Waals surface area contributed by atoms with E-state index >= 15 is 0 Å². The number of aliphatic hydroxyl groups is 1. The summed E-state index contributed by atoms with van der Waals surface area (Å²) < 4.78 is 5.75. The zero-order chi connectivity index (χ0) is 14.8. The molecule has 0 aliphatic rings. The van der Waals surface area contributed by atoms with E-state index in [1.54, 1.807) is 0 Å². The first-order valence-electron chi connectivity index (χ1n) is 6.86. The fourth-order valence-corrected chi connectivity index (χ4v) is 1.91.